The zero-order valence-corrected chi connectivity index (χ0v) is 13.8. The highest BCUT2D eigenvalue weighted by atomic mass is 35.5. The van der Waals surface area contributed by atoms with Crippen LogP contribution < -0.4 is 9.47 Å². The van der Waals surface area contributed by atoms with Crippen molar-refractivity contribution in [2.24, 2.45) is 0 Å². The maximum atomic E-state index is 10.6. The van der Waals surface area contributed by atoms with Crippen LogP contribution in [0.2, 0.25) is 5.02 Å². The summed E-state index contributed by atoms with van der Waals surface area (Å²) in [5.74, 6) is 0.369. The second kappa shape index (κ2) is 9.15. The Morgan fingerprint density at radius 3 is 2.38 bits per heavy atom. The van der Waals surface area contributed by atoms with Crippen molar-refractivity contribution in [3.8, 4) is 11.5 Å². The zero-order chi connectivity index (χ0) is 17.4. The Morgan fingerprint density at radius 1 is 1.04 bits per heavy atom. The number of halogens is 1. The lowest BCUT2D eigenvalue weighted by Gasteiger charge is -2.14. The maximum absolute atomic E-state index is 10.6. The number of hydrogen-bond donors (Lipinski definition) is 2. The third-order valence-corrected chi connectivity index (χ3v) is 3.48. The quantitative estimate of drug-likeness (QED) is 0.726. The predicted octanol–water partition coefficient (Wildman–Crippen LogP) is 3.18. The molecule has 2 rings (SSSR count). The monoisotopic (exact) mass is 350 g/mol. The van der Waals surface area contributed by atoms with E-state index in [-0.39, 0.29) is 19.6 Å². The van der Waals surface area contributed by atoms with Crippen molar-refractivity contribution in [2.75, 3.05) is 13.2 Å². The molecule has 0 saturated heterocycles. The minimum atomic E-state index is -0.837. The van der Waals surface area contributed by atoms with E-state index >= 15 is 0 Å². The highest BCUT2D eigenvalue weighted by Crippen LogP contribution is 2.17. The topological polar surface area (TPSA) is 76.0 Å². The van der Waals surface area contributed by atoms with E-state index in [9.17, 15) is 9.90 Å². The van der Waals surface area contributed by atoms with Gasteiger partial charge in [-0.15, -0.1) is 0 Å². The first-order chi connectivity index (χ1) is 11.5. The molecule has 0 aliphatic heterocycles. The molecular weight excluding hydrogens is 332 g/mol. The van der Waals surface area contributed by atoms with E-state index in [0.29, 0.717) is 22.9 Å². The Bertz CT molecular complexity index is 657. The van der Waals surface area contributed by atoms with Gasteiger partial charge in [-0.2, -0.15) is 0 Å². The number of carboxylic acid groups (broad SMARTS) is 1. The number of carboxylic acids is 1. The van der Waals surface area contributed by atoms with Crippen molar-refractivity contribution in [2.45, 2.75) is 18.9 Å². The van der Waals surface area contributed by atoms with Crippen LogP contribution in [0.15, 0.2) is 48.5 Å². The third-order valence-electron chi connectivity index (χ3n) is 3.22. The molecule has 5 nitrogen and oxygen atoms in total. The molecule has 1 unspecified atom stereocenters. The van der Waals surface area contributed by atoms with Crippen LogP contribution >= 0.6 is 11.6 Å². The molecular formula is C18H19ClO5. The molecule has 0 saturated carbocycles. The van der Waals surface area contributed by atoms with Crippen molar-refractivity contribution < 1.29 is 24.5 Å². The molecule has 128 valence electrons. The molecule has 0 spiro atoms. The van der Waals surface area contributed by atoms with Crippen molar-refractivity contribution in [1.29, 1.82) is 0 Å². The third kappa shape index (κ3) is 6.48. The van der Waals surface area contributed by atoms with Gasteiger partial charge in [-0.05, 0) is 48.4 Å². The zero-order valence-electron chi connectivity index (χ0n) is 13.0. The van der Waals surface area contributed by atoms with Crippen LogP contribution in [0.5, 0.6) is 11.5 Å². The molecule has 0 heterocycles. The summed E-state index contributed by atoms with van der Waals surface area (Å²) in [5.41, 5.74) is 0.877. The summed E-state index contributed by atoms with van der Waals surface area (Å²) in [7, 11) is 0. The second-order valence-corrected chi connectivity index (χ2v) is 5.71. The average Bonchev–Trinajstić information content (AvgIpc) is 2.58. The first kappa shape index (κ1) is 18.1. The molecule has 2 aromatic rings. The van der Waals surface area contributed by atoms with E-state index in [2.05, 4.69) is 0 Å². The Kier molecular flexibility index (Phi) is 6.90. The van der Waals surface area contributed by atoms with Gasteiger partial charge in [-0.25, -0.2) is 0 Å². The first-order valence-electron chi connectivity index (χ1n) is 7.53. The number of aliphatic hydroxyl groups excluding tert-OH is 1. The number of aliphatic carboxylic acids is 1. The number of rotatable bonds is 9. The summed E-state index contributed by atoms with van der Waals surface area (Å²) in [6, 6.07) is 14.0. The van der Waals surface area contributed by atoms with Crippen LogP contribution in [0.3, 0.4) is 0 Å². The standard InChI is InChI=1S/C18H19ClO5/c19-14-5-7-16(8-6-14)23-11-15(20)12-24-17-3-1-2-13(10-17)4-9-18(21)22/h1-3,5-8,10,15,20H,4,9,11-12H2,(H,21,22). The van der Waals surface area contributed by atoms with Gasteiger partial charge in [0.05, 0.1) is 0 Å². The fraction of sp³-hybridized carbons (Fsp3) is 0.278. The Morgan fingerprint density at radius 2 is 1.71 bits per heavy atom. The van der Waals surface area contributed by atoms with Gasteiger partial charge in [0.2, 0.25) is 0 Å². The van der Waals surface area contributed by atoms with E-state index in [1.54, 1.807) is 42.5 Å². The summed E-state index contributed by atoms with van der Waals surface area (Å²) >= 11 is 5.79. The average molecular weight is 351 g/mol. The van der Waals surface area contributed by atoms with Crippen LogP contribution in [0.1, 0.15) is 12.0 Å². The highest BCUT2D eigenvalue weighted by molar-refractivity contribution is 6.30. The number of benzene rings is 2. The molecule has 0 aliphatic carbocycles. The van der Waals surface area contributed by atoms with E-state index < -0.39 is 12.1 Å². The summed E-state index contributed by atoms with van der Waals surface area (Å²) in [6.45, 7) is 0.177. The van der Waals surface area contributed by atoms with Crippen molar-refractivity contribution in [1.82, 2.24) is 0 Å². The summed E-state index contributed by atoms with van der Waals surface area (Å²) in [5, 5.41) is 19.2. The lowest BCUT2D eigenvalue weighted by Crippen LogP contribution is -2.25. The van der Waals surface area contributed by atoms with Crippen LogP contribution in [0.4, 0.5) is 0 Å². The number of ether oxygens (including phenoxy) is 2. The van der Waals surface area contributed by atoms with Crippen molar-refractivity contribution in [3.63, 3.8) is 0 Å². The fourth-order valence-electron chi connectivity index (χ4n) is 2.01. The van der Waals surface area contributed by atoms with E-state index in [4.69, 9.17) is 26.2 Å². The van der Waals surface area contributed by atoms with Gasteiger partial charge in [0, 0.05) is 11.4 Å². The predicted molar refractivity (Wildman–Crippen MR) is 90.8 cm³/mol. The van der Waals surface area contributed by atoms with Crippen molar-refractivity contribution in [3.05, 3.63) is 59.1 Å². The minimum absolute atomic E-state index is 0.0704. The largest absolute Gasteiger partial charge is 0.491 e. The number of aryl methyl sites for hydroxylation is 1. The number of hydrogen-bond acceptors (Lipinski definition) is 4. The molecule has 0 bridgehead atoms. The molecule has 0 radical (unpaired) electrons. The highest BCUT2D eigenvalue weighted by Gasteiger charge is 2.08. The SMILES string of the molecule is O=C(O)CCc1cccc(OCC(O)COc2ccc(Cl)cc2)c1. The summed E-state index contributed by atoms with van der Waals surface area (Å²) in [4.78, 5) is 10.6. The van der Waals surface area contributed by atoms with E-state index in [1.807, 2.05) is 6.07 Å². The first-order valence-corrected chi connectivity index (χ1v) is 7.90. The molecule has 0 fully saturated rings. The molecule has 2 aromatic carbocycles. The smallest absolute Gasteiger partial charge is 0.303 e. The van der Waals surface area contributed by atoms with Crippen LogP contribution in [0.25, 0.3) is 0 Å². The maximum Gasteiger partial charge on any atom is 0.303 e. The number of aliphatic hydroxyl groups is 1. The Balaban J connectivity index is 1.76. The minimum Gasteiger partial charge on any atom is -0.491 e. The number of carbonyl (C=O) groups is 1. The van der Waals surface area contributed by atoms with Gasteiger partial charge in [0.25, 0.3) is 0 Å². The van der Waals surface area contributed by atoms with Gasteiger partial charge in [0.15, 0.2) is 0 Å². The summed E-state index contributed by atoms with van der Waals surface area (Å²) < 4.78 is 11.0. The van der Waals surface area contributed by atoms with Gasteiger partial charge < -0.3 is 19.7 Å². The van der Waals surface area contributed by atoms with Crippen LogP contribution in [-0.2, 0) is 11.2 Å². The lowest BCUT2D eigenvalue weighted by molar-refractivity contribution is -0.136. The van der Waals surface area contributed by atoms with Crippen molar-refractivity contribution >= 4 is 17.6 Å². The molecule has 24 heavy (non-hydrogen) atoms. The Hall–Kier alpha value is -2.24. The Labute approximate surface area is 145 Å². The van der Waals surface area contributed by atoms with E-state index in [1.165, 1.54) is 0 Å². The van der Waals surface area contributed by atoms with E-state index in [0.717, 1.165) is 5.56 Å². The molecule has 6 heteroatoms. The van der Waals surface area contributed by atoms with Gasteiger partial charge in [-0.3, -0.25) is 4.79 Å². The molecule has 0 aromatic heterocycles. The van der Waals surface area contributed by atoms with Crippen LogP contribution in [-0.4, -0.2) is 35.5 Å². The molecule has 1 atom stereocenters. The molecule has 0 aliphatic rings. The second-order valence-electron chi connectivity index (χ2n) is 5.27. The lowest BCUT2D eigenvalue weighted by atomic mass is 10.1. The van der Waals surface area contributed by atoms with Gasteiger partial charge in [-0.1, -0.05) is 23.7 Å². The van der Waals surface area contributed by atoms with Crippen LogP contribution in [0, 0.1) is 0 Å². The van der Waals surface area contributed by atoms with Gasteiger partial charge in [0.1, 0.15) is 30.8 Å². The fourth-order valence-corrected chi connectivity index (χ4v) is 2.13. The van der Waals surface area contributed by atoms with Gasteiger partial charge >= 0.3 is 5.97 Å². The molecule has 0 amide bonds. The molecule has 2 N–H and O–H groups in total. The summed E-state index contributed by atoms with van der Waals surface area (Å²) in [6.07, 6.45) is -0.279. The normalized spacial score (nSPS) is 11.8.